The van der Waals surface area contributed by atoms with Gasteiger partial charge in [0.05, 0.1) is 17.7 Å². The van der Waals surface area contributed by atoms with E-state index >= 15 is 0 Å². The number of hydrogen-bond acceptors (Lipinski definition) is 5. The molecule has 0 spiro atoms. The van der Waals surface area contributed by atoms with E-state index in [9.17, 15) is 35.9 Å². The molecule has 2 aromatic carbocycles. The molecule has 0 atom stereocenters. The standard InChI is InChI=1S/C31H30F6N4O3/c1-19-6-3-4-7-24(19)25-17-26(40-11-9-39(10-12-40)20(2)42)38-28-27(25)29(43)41(8-5-13-44-28)18-21-14-22(30(32,33)34)16-23(15-21)31(35,36)37/h3-4,6-7,14-17H,5,8-13,18H2,1-2H3. The summed E-state index contributed by atoms with van der Waals surface area (Å²) in [4.78, 5) is 35.6. The van der Waals surface area contributed by atoms with Crippen LogP contribution in [0.25, 0.3) is 11.1 Å². The summed E-state index contributed by atoms with van der Waals surface area (Å²) < 4.78 is 87.2. The van der Waals surface area contributed by atoms with Crippen LogP contribution in [-0.2, 0) is 23.7 Å². The first-order valence-corrected chi connectivity index (χ1v) is 14.0. The summed E-state index contributed by atoms with van der Waals surface area (Å²) in [7, 11) is 0. The summed E-state index contributed by atoms with van der Waals surface area (Å²) in [6.07, 6.45) is -9.74. The summed E-state index contributed by atoms with van der Waals surface area (Å²) in [6.45, 7) is 5.01. The zero-order chi connectivity index (χ0) is 31.8. The predicted octanol–water partition coefficient (Wildman–Crippen LogP) is 6.19. The van der Waals surface area contributed by atoms with Crippen molar-refractivity contribution in [1.29, 1.82) is 0 Å². The first-order chi connectivity index (χ1) is 20.7. The highest BCUT2D eigenvalue weighted by molar-refractivity contribution is 6.04. The molecule has 234 valence electrons. The van der Waals surface area contributed by atoms with Crippen LogP contribution in [0.15, 0.2) is 48.5 Å². The fourth-order valence-electron chi connectivity index (χ4n) is 5.49. The Kier molecular flexibility index (Phi) is 8.50. The van der Waals surface area contributed by atoms with Gasteiger partial charge in [-0.1, -0.05) is 24.3 Å². The molecule has 0 unspecified atom stereocenters. The number of alkyl halides is 6. The summed E-state index contributed by atoms with van der Waals surface area (Å²) in [5.74, 6) is -0.0970. The number of carbonyl (C=O) groups is 2. The zero-order valence-electron chi connectivity index (χ0n) is 24.1. The molecule has 2 aliphatic heterocycles. The molecule has 1 aromatic heterocycles. The van der Waals surface area contributed by atoms with Crippen molar-refractivity contribution < 1.29 is 40.7 Å². The summed E-state index contributed by atoms with van der Waals surface area (Å²) in [6, 6.07) is 10.4. The van der Waals surface area contributed by atoms with Crippen molar-refractivity contribution in [3.63, 3.8) is 0 Å². The fourth-order valence-corrected chi connectivity index (χ4v) is 5.49. The maximum Gasteiger partial charge on any atom is 0.416 e. The molecule has 0 saturated carbocycles. The van der Waals surface area contributed by atoms with Gasteiger partial charge >= 0.3 is 12.4 Å². The topological polar surface area (TPSA) is 66.0 Å². The molecule has 0 N–H and O–H groups in total. The second-order valence-electron chi connectivity index (χ2n) is 10.9. The van der Waals surface area contributed by atoms with Gasteiger partial charge in [0.15, 0.2) is 0 Å². The van der Waals surface area contributed by atoms with Crippen molar-refractivity contribution in [2.45, 2.75) is 39.2 Å². The van der Waals surface area contributed by atoms with E-state index < -0.39 is 35.9 Å². The average molecular weight is 621 g/mol. The number of halogens is 6. The van der Waals surface area contributed by atoms with Gasteiger partial charge in [-0.15, -0.1) is 0 Å². The monoisotopic (exact) mass is 620 g/mol. The lowest BCUT2D eigenvalue weighted by Gasteiger charge is -2.35. The van der Waals surface area contributed by atoms with Crippen LogP contribution in [0.5, 0.6) is 5.88 Å². The van der Waals surface area contributed by atoms with Gasteiger partial charge in [0, 0.05) is 51.8 Å². The molecule has 2 aliphatic rings. The zero-order valence-corrected chi connectivity index (χ0v) is 24.1. The number of benzene rings is 2. The second-order valence-corrected chi connectivity index (χ2v) is 10.9. The molecule has 5 rings (SSSR count). The first kappa shape index (κ1) is 31.1. The van der Waals surface area contributed by atoms with Gasteiger partial charge in [0.1, 0.15) is 11.4 Å². The third-order valence-corrected chi connectivity index (χ3v) is 7.79. The molecule has 7 nitrogen and oxygen atoms in total. The van der Waals surface area contributed by atoms with Gasteiger partial charge in [0.25, 0.3) is 5.91 Å². The van der Waals surface area contributed by atoms with Crippen LogP contribution in [0.4, 0.5) is 32.2 Å². The number of ether oxygens (including phenoxy) is 1. The largest absolute Gasteiger partial charge is 0.477 e. The van der Waals surface area contributed by atoms with E-state index in [2.05, 4.69) is 4.98 Å². The number of anilines is 1. The Hall–Kier alpha value is -4.29. The summed E-state index contributed by atoms with van der Waals surface area (Å²) in [5.41, 5.74) is -1.09. The molecule has 1 fully saturated rings. The van der Waals surface area contributed by atoms with Crippen molar-refractivity contribution in [3.05, 3.63) is 76.3 Å². The molecule has 3 heterocycles. The van der Waals surface area contributed by atoms with Gasteiger partial charge in [0.2, 0.25) is 11.8 Å². The van der Waals surface area contributed by atoms with Gasteiger partial charge in [-0.05, 0) is 54.3 Å². The number of amides is 2. The minimum atomic E-state index is -5.01. The molecular formula is C31H30F6N4O3. The highest BCUT2D eigenvalue weighted by atomic mass is 19.4. The van der Waals surface area contributed by atoms with E-state index in [1.165, 1.54) is 11.8 Å². The number of fused-ring (bicyclic) bond motifs is 1. The molecule has 44 heavy (non-hydrogen) atoms. The Morgan fingerprint density at radius 3 is 2.11 bits per heavy atom. The maximum atomic E-state index is 14.2. The lowest BCUT2D eigenvalue weighted by molar-refractivity contribution is -0.143. The first-order valence-electron chi connectivity index (χ1n) is 14.0. The maximum absolute atomic E-state index is 14.2. The summed E-state index contributed by atoms with van der Waals surface area (Å²) in [5, 5.41) is 0. The van der Waals surface area contributed by atoms with Crippen LogP contribution >= 0.6 is 0 Å². The van der Waals surface area contributed by atoms with E-state index in [1.807, 2.05) is 30.0 Å². The smallest absolute Gasteiger partial charge is 0.416 e. The number of aromatic nitrogens is 1. The van der Waals surface area contributed by atoms with Crippen LogP contribution in [-0.4, -0.2) is 65.9 Å². The van der Waals surface area contributed by atoms with Crippen LogP contribution in [0, 0.1) is 6.92 Å². The highest BCUT2D eigenvalue weighted by Crippen LogP contribution is 2.39. The van der Waals surface area contributed by atoms with Crippen molar-refractivity contribution in [3.8, 4) is 17.0 Å². The van der Waals surface area contributed by atoms with Crippen LogP contribution in [0.3, 0.4) is 0 Å². The van der Waals surface area contributed by atoms with Gasteiger partial charge < -0.3 is 19.4 Å². The number of nitrogens with zero attached hydrogens (tertiary/aromatic N) is 4. The van der Waals surface area contributed by atoms with E-state index in [1.54, 1.807) is 17.0 Å². The van der Waals surface area contributed by atoms with E-state index in [0.29, 0.717) is 55.3 Å². The Balaban J connectivity index is 1.58. The lowest BCUT2D eigenvalue weighted by Crippen LogP contribution is -2.48. The van der Waals surface area contributed by atoms with Crippen molar-refractivity contribution in [2.75, 3.05) is 44.2 Å². The quantitative estimate of drug-likeness (QED) is 0.326. The second kappa shape index (κ2) is 12.0. The molecule has 1 saturated heterocycles. The van der Waals surface area contributed by atoms with E-state index in [4.69, 9.17) is 4.74 Å². The van der Waals surface area contributed by atoms with Gasteiger partial charge in [-0.3, -0.25) is 9.59 Å². The number of aryl methyl sites for hydroxylation is 1. The number of carbonyl (C=O) groups excluding carboxylic acids is 2. The van der Waals surface area contributed by atoms with Gasteiger partial charge in [-0.2, -0.15) is 31.3 Å². The average Bonchev–Trinajstić information content (AvgIpc) is 2.96. The van der Waals surface area contributed by atoms with E-state index in [0.717, 1.165) is 5.56 Å². The number of hydrogen-bond donors (Lipinski definition) is 0. The Labute approximate surface area is 250 Å². The number of piperazine rings is 1. The van der Waals surface area contributed by atoms with Crippen LogP contribution in [0.2, 0.25) is 0 Å². The molecule has 0 bridgehead atoms. The van der Waals surface area contributed by atoms with E-state index in [-0.39, 0.29) is 48.6 Å². The molecular weight excluding hydrogens is 590 g/mol. The number of pyridine rings is 1. The Morgan fingerprint density at radius 1 is 0.886 bits per heavy atom. The molecule has 13 heteroatoms. The minimum Gasteiger partial charge on any atom is -0.477 e. The van der Waals surface area contributed by atoms with Crippen molar-refractivity contribution in [2.24, 2.45) is 0 Å². The van der Waals surface area contributed by atoms with Crippen LogP contribution < -0.4 is 9.64 Å². The molecule has 0 radical (unpaired) electrons. The molecule has 0 aliphatic carbocycles. The predicted molar refractivity (Wildman–Crippen MR) is 150 cm³/mol. The Morgan fingerprint density at radius 2 is 1.52 bits per heavy atom. The van der Waals surface area contributed by atoms with Crippen molar-refractivity contribution in [1.82, 2.24) is 14.8 Å². The summed E-state index contributed by atoms with van der Waals surface area (Å²) >= 11 is 0. The van der Waals surface area contributed by atoms with Crippen molar-refractivity contribution >= 4 is 17.6 Å². The van der Waals surface area contributed by atoms with Crippen LogP contribution in [0.1, 0.15) is 46.0 Å². The molecule has 3 aromatic rings. The SMILES string of the molecule is CC(=O)N1CCN(c2cc(-c3ccccc3C)c3c(n2)OCCCN(Cc2cc(C(F)(F)F)cc(C(F)(F)F)c2)C3=O)CC1. The lowest BCUT2D eigenvalue weighted by atomic mass is 9.95. The third kappa shape index (κ3) is 6.61. The number of rotatable bonds is 4. The minimum absolute atomic E-state index is 0.0319. The highest BCUT2D eigenvalue weighted by Gasteiger charge is 2.38. The molecule has 2 amide bonds. The Bertz CT molecular complexity index is 1530. The fraction of sp³-hybridized carbons (Fsp3) is 0.387. The third-order valence-electron chi connectivity index (χ3n) is 7.79. The van der Waals surface area contributed by atoms with Gasteiger partial charge in [-0.25, -0.2) is 0 Å². The normalized spacial score (nSPS) is 16.3.